The second-order valence-corrected chi connectivity index (χ2v) is 7.49. The average Bonchev–Trinajstić information content (AvgIpc) is 2.57. The molecule has 0 bridgehead atoms. The lowest BCUT2D eigenvalue weighted by atomic mass is 10.2. The molecule has 128 valence electrons. The van der Waals surface area contributed by atoms with Crippen molar-refractivity contribution in [2.45, 2.75) is 4.90 Å². The van der Waals surface area contributed by atoms with Gasteiger partial charge in [-0.2, -0.15) is 0 Å². The van der Waals surface area contributed by atoms with Crippen molar-refractivity contribution in [1.82, 2.24) is 9.45 Å². The SMILES string of the molecule is CON(C)S(=O)(=O)c1ccc(C(=O)Nc2cc(Br)c[nH]c2=O)cc1. The number of amides is 1. The summed E-state index contributed by atoms with van der Waals surface area (Å²) in [6.45, 7) is 0. The molecule has 0 saturated heterocycles. The van der Waals surface area contributed by atoms with E-state index in [1.54, 1.807) is 0 Å². The number of aromatic nitrogens is 1. The Morgan fingerprint density at radius 3 is 2.50 bits per heavy atom. The number of H-pyrrole nitrogens is 1. The number of sulfonamides is 1. The van der Waals surface area contributed by atoms with Gasteiger partial charge in [0.1, 0.15) is 5.69 Å². The number of hydrogen-bond acceptors (Lipinski definition) is 5. The Hall–Kier alpha value is -2.01. The van der Waals surface area contributed by atoms with Crippen LogP contribution in [0.5, 0.6) is 0 Å². The molecule has 1 heterocycles. The van der Waals surface area contributed by atoms with Gasteiger partial charge in [0, 0.05) is 23.3 Å². The molecule has 8 nitrogen and oxygen atoms in total. The molecule has 0 fully saturated rings. The molecule has 0 aliphatic heterocycles. The summed E-state index contributed by atoms with van der Waals surface area (Å²) in [6.07, 6.45) is 1.45. The molecule has 0 aliphatic rings. The second kappa shape index (κ2) is 7.26. The first-order chi connectivity index (χ1) is 11.3. The summed E-state index contributed by atoms with van der Waals surface area (Å²) >= 11 is 3.19. The third kappa shape index (κ3) is 3.90. The van der Waals surface area contributed by atoms with E-state index in [4.69, 9.17) is 0 Å². The van der Waals surface area contributed by atoms with E-state index in [2.05, 4.69) is 31.1 Å². The molecule has 0 spiro atoms. The number of anilines is 1. The van der Waals surface area contributed by atoms with Gasteiger partial charge in [-0.1, -0.05) is 4.47 Å². The lowest BCUT2D eigenvalue weighted by Crippen LogP contribution is -2.25. The molecule has 0 atom stereocenters. The number of nitrogens with zero attached hydrogens (tertiary/aromatic N) is 1. The van der Waals surface area contributed by atoms with Crippen LogP contribution in [0.2, 0.25) is 0 Å². The van der Waals surface area contributed by atoms with Gasteiger partial charge in [-0.15, -0.1) is 0 Å². The van der Waals surface area contributed by atoms with Crippen LogP contribution in [0.25, 0.3) is 0 Å². The average molecular weight is 416 g/mol. The van der Waals surface area contributed by atoms with Gasteiger partial charge in [0.15, 0.2) is 0 Å². The summed E-state index contributed by atoms with van der Waals surface area (Å²) in [6, 6.07) is 6.72. The molecule has 24 heavy (non-hydrogen) atoms. The highest BCUT2D eigenvalue weighted by Crippen LogP contribution is 2.16. The predicted octanol–water partition coefficient (Wildman–Crippen LogP) is 1.57. The third-order valence-corrected chi connectivity index (χ3v) is 5.28. The van der Waals surface area contributed by atoms with Gasteiger partial charge in [-0.3, -0.25) is 14.4 Å². The van der Waals surface area contributed by atoms with E-state index in [9.17, 15) is 18.0 Å². The number of carbonyl (C=O) groups excluding carboxylic acids is 1. The minimum Gasteiger partial charge on any atom is -0.326 e. The Kier molecular flexibility index (Phi) is 5.54. The molecule has 0 radical (unpaired) electrons. The van der Waals surface area contributed by atoms with Crippen molar-refractivity contribution in [3.63, 3.8) is 0 Å². The van der Waals surface area contributed by atoms with E-state index in [1.807, 2.05) is 0 Å². The molecule has 10 heteroatoms. The van der Waals surface area contributed by atoms with Crippen molar-refractivity contribution in [2.24, 2.45) is 0 Å². The quantitative estimate of drug-likeness (QED) is 0.720. The van der Waals surface area contributed by atoms with Crippen molar-refractivity contribution in [2.75, 3.05) is 19.5 Å². The van der Waals surface area contributed by atoms with Gasteiger partial charge in [-0.25, -0.2) is 8.42 Å². The van der Waals surface area contributed by atoms with Gasteiger partial charge in [0.2, 0.25) is 0 Å². The standard InChI is InChI=1S/C14H14BrN3O5S/c1-18(23-2)24(21,22)11-5-3-9(4-6-11)13(19)17-12-7-10(15)8-16-14(12)20/h3-8H,1-2H3,(H,16,20)(H,17,19). The van der Waals surface area contributed by atoms with E-state index in [1.165, 1.54) is 50.7 Å². The number of halogens is 1. The van der Waals surface area contributed by atoms with Crippen molar-refractivity contribution in [1.29, 1.82) is 0 Å². The Balaban J connectivity index is 2.23. The zero-order valence-electron chi connectivity index (χ0n) is 12.7. The monoisotopic (exact) mass is 415 g/mol. The summed E-state index contributed by atoms with van der Waals surface area (Å²) in [5.41, 5.74) is -0.175. The van der Waals surface area contributed by atoms with Gasteiger partial charge in [-0.05, 0) is 46.3 Å². The van der Waals surface area contributed by atoms with Crippen LogP contribution in [0.1, 0.15) is 10.4 Å². The van der Waals surface area contributed by atoms with E-state index >= 15 is 0 Å². The first-order valence-electron chi connectivity index (χ1n) is 6.58. The fourth-order valence-electron chi connectivity index (χ4n) is 1.77. The highest BCUT2D eigenvalue weighted by atomic mass is 79.9. The number of aromatic amines is 1. The molecule has 1 amide bonds. The topological polar surface area (TPSA) is 109 Å². The number of hydrogen-bond donors (Lipinski definition) is 2. The Morgan fingerprint density at radius 1 is 1.29 bits per heavy atom. The molecule has 1 aromatic carbocycles. The van der Waals surface area contributed by atoms with Crippen LogP contribution >= 0.6 is 15.9 Å². The lowest BCUT2D eigenvalue weighted by molar-refractivity contribution is -0.0258. The molecule has 2 rings (SSSR count). The van der Waals surface area contributed by atoms with Crippen LogP contribution in [-0.2, 0) is 14.9 Å². The maximum atomic E-state index is 12.2. The minimum atomic E-state index is -3.78. The molecule has 1 aromatic heterocycles. The van der Waals surface area contributed by atoms with Crippen LogP contribution in [0.15, 0.2) is 50.7 Å². The molecule has 0 saturated carbocycles. The van der Waals surface area contributed by atoms with Crippen LogP contribution in [0.4, 0.5) is 5.69 Å². The Labute approximate surface area is 146 Å². The molecule has 0 unspecified atom stereocenters. The summed E-state index contributed by atoms with van der Waals surface area (Å²) < 4.78 is 25.4. The van der Waals surface area contributed by atoms with E-state index in [0.29, 0.717) is 8.94 Å². The van der Waals surface area contributed by atoms with Gasteiger partial charge < -0.3 is 10.3 Å². The van der Waals surface area contributed by atoms with E-state index < -0.39 is 21.5 Å². The summed E-state index contributed by atoms with van der Waals surface area (Å²) in [5, 5.41) is 2.46. The number of hydroxylamine groups is 1. The number of carbonyl (C=O) groups is 1. The van der Waals surface area contributed by atoms with E-state index in [-0.39, 0.29) is 16.1 Å². The smallest absolute Gasteiger partial charge is 0.271 e. The van der Waals surface area contributed by atoms with Gasteiger partial charge in [0.05, 0.1) is 12.0 Å². The van der Waals surface area contributed by atoms with Crippen LogP contribution in [-0.4, -0.2) is 37.9 Å². The third-order valence-electron chi connectivity index (χ3n) is 3.13. The predicted molar refractivity (Wildman–Crippen MR) is 91.1 cm³/mol. The first kappa shape index (κ1) is 18.3. The highest BCUT2D eigenvalue weighted by molar-refractivity contribution is 9.10. The minimum absolute atomic E-state index is 0.0243. The zero-order chi connectivity index (χ0) is 17.9. The number of rotatable bonds is 5. The molecular formula is C14H14BrN3O5S. The Bertz CT molecular complexity index is 909. The summed E-state index contributed by atoms with van der Waals surface area (Å²) in [7, 11) is -1.29. The van der Waals surface area contributed by atoms with Crippen molar-refractivity contribution in [3.05, 3.63) is 56.9 Å². The molecule has 2 N–H and O–H groups in total. The van der Waals surface area contributed by atoms with Crippen LogP contribution < -0.4 is 10.9 Å². The zero-order valence-corrected chi connectivity index (χ0v) is 15.1. The van der Waals surface area contributed by atoms with Gasteiger partial charge >= 0.3 is 0 Å². The maximum absolute atomic E-state index is 12.2. The van der Waals surface area contributed by atoms with Crippen LogP contribution in [0, 0.1) is 0 Å². The summed E-state index contributed by atoms with van der Waals surface area (Å²) in [5.74, 6) is -0.539. The second-order valence-electron chi connectivity index (χ2n) is 4.64. The molecular weight excluding hydrogens is 402 g/mol. The highest BCUT2D eigenvalue weighted by Gasteiger charge is 2.21. The van der Waals surface area contributed by atoms with Gasteiger partial charge in [0.25, 0.3) is 21.5 Å². The largest absolute Gasteiger partial charge is 0.326 e. The van der Waals surface area contributed by atoms with Crippen molar-refractivity contribution < 1.29 is 18.0 Å². The van der Waals surface area contributed by atoms with Crippen molar-refractivity contribution >= 4 is 37.5 Å². The molecule has 2 aromatic rings. The number of nitrogens with one attached hydrogen (secondary N) is 2. The summed E-state index contributed by atoms with van der Waals surface area (Å²) in [4.78, 5) is 30.9. The fraction of sp³-hybridized carbons (Fsp3) is 0.143. The van der Waals surface area contributed by atoms with E-state index in [0.717, 1.165) is 0 Å². The lowest BCUT2D eigenvalue weighted by Gasteiger charge is -2.14. The maximum Gasteiger partial charge on any atom is 0.271 e. The van der Waals surface area contributed by atoms with Crippen LogP contribution in [0.3, 0.4) is 0 Å². The Morgan fingerprint density at radius 2 is 1.92 bits per heavy atom. The first-order valence-corrected chi connectivity index (χ1v) is 8.81. The number of pyridine rings is 1. The van der Waals surface area contributed by atoms with Crippen molar-refractivity contribution in [3.8, 4) is 0 Å². The molecule has 0 aliphatic carbocycles. The fourth-order valence-corrected chi connectivity index (χ4v) is 3.09. The normalized spacial score (nSPS) is 11.5. The number of benzene rings is 1.